The summed E-state index contributed by atoms with van der Waals surface area (Å²) in [5.41, 5.74) is 0.544. The van der Waals surface area contributed by atoms with E-state index in [9.17, 15) is 21.6 Å². The monoisotopic (exact) mass is 475 g/mol. The number of nitrogens with one attached hydrogen (secondary N) is 1. The fraction of sp³-hybridized carbons (Fsp3) is 0.417. The van der Waals surface area contributed by atoms with Gasteiger partial charge in [-0.05, 0) is 11.6 Å². The lowest BCUT2D eigenvalue weighted by atomic mass is 9.84. The highest BCUT2D eigenvalue weighted by Gasteiger charge is 2.48. The summed E-state index contributed by atoms with van der Waals surface area (Å²) in [5, 5.41) is 0. The number of halogens is 1. The lowest BCUT2D eigenvalue weighted by Crippen LogP contribution is -2.50. The zero-order valence-corrected chi connectivity index (χ0v) is 16.2. The van der Waals surface area contributed by atoms with Crippen LogP contribution in [0.15, 0.2) is 29.0 Å². The van der Waals surface area contributed by atoms with Crippen molar-refractivity contribution < 1.29 is 43.8 Å². The molecule has 0 aromatic carbocycles. The van der Waals surface area contributed by atoms with Gasteiger partial charge in [0.2, 0.25) is 0 Å². The van der Waals surface area contributed by atoms with Gasteiger partial charge in [0.25, 0.3) is 0 Å². The van der Waals surface area contributed by atoms with Crippen LogP contribution in [0.4, 0.5) is 0 Å². The van der Waals surface area contributed by atoms with Crippen LogP contribution in [-0.4, -0.2) is 55.2 Å². The molecule has 0 saturated heterocycles. The minimum Gasteiger partial charge on any atom is -0.459 e. The van der Waals surface area contributed by atoms with Crippen LogP contribution in [0.1, 0.15) is 18.4 Å². The van der Waals surface area contributed by atoms with Gasteiger partial charge in [-0.3, -0.25) is 13.9 Å². The van der Waals surface area contributed by atoms with Gasteiger partial charge in [0, 0.05) is 29.7 Å². The van der Waals surface area contributed by atoms with Crippen LogP contribution >= 0.6 is 15.9 Å². The molecule has 14 heteroatoms. The molecule has 0 saturated carbocycles. The van der Waals surface area contributed by atoms with Gasteiger partial charge in [-0.1, -0.05) is 22.0 Å². The van der Waals surface area contributed by atoms with Crippen LogP contribution in [0.2, 0.25) is 0 Å². The summed E-state index contributed by atoms with van der Waals surface area (Å²) < 4.78 is 76.7. The first-order chi connectivity index (χ1) is 11.9. The molecular weight excluding hydrogens is 462 g/mol. The molecule has 2 rings (SSSR count). The zero-order chi connectivity index (χ0) is 19.7. The van der Waals surface area contributed by atoms with E-state index in [0.717, 1.165) is 6.92 Å². The molecule has 1 heterocycles. The van der Waals surface area contributed by atoms with Crippen molar-refractivity contribution in [3.05, 3.63) is 34.6 Å². The van der Waals surface area contributed by atoms with Crippen LogP contribution < -0.4 is 0 Å². The molecule has 0 unspecified atom stereocenters. The van der Waals surface area contributed by atoms with E-state index in [1.807, 2.05) is 0 Å². The Morgan fingerprint density at radius 3 is 2.23 bits per heavy atom. The third-order valence-electron chi connectivity index (χ3n) is 3.35. The number of carbonyl (C=O) groups excluding carboxylic acids is 1. The molecule has 0 fully saturated rings. The van der Waals surface area contributed by atoms with Crippen molar-refractivity contribution in [3.63, 3.8) is 0 Å². The smallest absolute Gasteiger partial charge is 0.398 e. The van der Waals surface area contributed by atoms with E-state index < -0.39 is 51.0 Å². The molecule has 3 N–H and O–H groups in total. The summed E-state index contributed by atoms with van der Waals surface area (Å²) in [4.78, 5) is 14.2. The second-order valence-corrected chi connectivity index (χ2v) is 8.24. The number of aromatic amines is 1. The molecule has 11 nitrogen and oxygen atoms in total. The normalized spacial score (nSPS) is 27.0. The number of ether oxygens (including phenoxy) is 1. The number of H-pyrrole nitrogens is 1. The molecule has 0 spiro atoms. The maximum absolute atomic E-state index is 11.5. The van der Waals surface area contributed by atoms with Crippen LogP contribution in [0, 0.1) is 0 Å². The summed E-state index contributed by atoms with van der Waals surface area (Å²) in [6.45, 7) is 1.05. The third-order valence-corrected chi connectivity index (χ3v) is 4.99. The standard InChI is InChI=1S/C12H14BrNO10S2/c1-6(15)22-10-8(7-2-3-14-5-7)4-9(13)11(23-25(16,17)18)12(10)24-26(19,20)21/h2-5,8,10-12,14H,1H3,(H,16,17,18)(H,19,20,21)/t8-,10-,11-,12+/m1/s1. The van der Waals surface area contributed by atoms with E-state index in [4.69, 9.17) is 13.8 Å². The van der Waals surface area contributed by atoms with E-state index in [2.05, 4.69) is 29.3 Å². The van der Waals surface area contributed by atoms with Crippen molar-refractivity contribution in [2.75, 3.05) is 0 Å². The first-order valence-corrected chi connectivity index (χ1v) is 10.4. The fourth-order valence-corrected chi connectivity index (χ4v) is 4.26. The number of carbonyl (C=O) groups is 1. The minimum atomic E-state index is -5.10. The Labute approximate surface area is 157 Å². The lowest BCUT2D eigenvalue weighted by Gasteiger charge is -2.37. The maximum atomic E-state index is 11.5. The van der Waals surface area contributed by atoms with Gasteiger partial charge in [0.05, 0.1) is 0 Å². The number of hydrogen-bond acceptors (Lipinski definition) is 8. The molecule has 0 amide bonds. The topological polar surface area (TPSA) is 169 Å². The molecular formula is C12H14BrNO10S2. The van der Waals surface area contributed by atoms with Crippen molar-refractivity contribution in [2.45, 2.75) is 31.2 Å². The highest BCUT2D eigenvalue weighted by atomic mass is 79.9. The van der Waals surface area contributed by atoms with Crippen molar-refractivity contribution in [1.29, 1.82) is 0 Å². The second-order valence-electron chi connectivity index (χ2n) is 5.23. The van der Waals surface area contributed by atoms with Crippen LogP contribution in [0.5, 0.6) is 0 Å². The Kier molecular flexibility index (Phi) is 6.27. The van der Waals surface area contributed by atoms with Crippen LogP contribution in [0.3, 0.4) is 0 Å². The van der Waals surface area contributed by atoms with Crippen LogP contribution in [0.25, 0.3) is 0 Å². The fourth-order valence-electron chi connectivity index (χ4n) is 2.53. The predicted molar refractivity (Wildman–Crippen MR) is 88.9 cm³/mol. The van der Waals surface area contributed by atoms with Crippen molar-refractivity contribution in [3.8, 4) is 0 Å². The largest absolute Gasteiger partial charge is 0.459 e. The number of rotatable bonds is 6. The number of esters is 1. The molecule has 1 aliphatic rings. The zero-order valence-electron chi connectivity index (χ0n) is 13.0. The molecule has 0 aliphatic heterocycles. The van der Waals surface area contributed by atoms with Gasteiger partial charge in [0.1, 0.15) is 18.3 Å². The SMILES string of the molecule is CC(=O)O[C@H]1[C@H](OS(=O)(=O)O)[C@H](OS(=O)(=O)O)C(Br)=C[C@@H]1c1cc[nH]c1. The summed E-state index contributed by atoms with van der Waals surface area (Å²) in [7, 11) is -10.1. The quantitative estimate of drug-likeness (QED) is 0.392. The Morgan fingerprint density at radius 1 is 1.15 bits per heavy atom. The van der Waals surface area contributed by atoms with Gasteiger partial charge in [-0.15, -0.1) is 0 Å². The van der Waals surface area contributed by atoms with Gasteiger partial charge in [0.15, 0.2) is 0 Å². The molecule has 1 aromatic rings. The first kappa shape index (κ1) is 21.0. The maximum Gasteiger partial charge on any atom is 0.398 e. The first-order valence-electron chi connectivity index (χ1n) is 6.86. The minimum absolute atomic E-state index is 0.0154. The summed E-state index contributed by atoms with van der Waals surface area (Å²) in [6.07, 6.45) is -0.482. The van der Waals surface area contributed by atoms with E-state index in [1.54, 1.807) is 12.3 Å². The molecule has 0 radical (unpaired) electrons. The lowest BCUT2D eigenvalue weighted by molar-refractivity contribution is -0.155. The second kappa shape index (κ2) is 7.75. The van der Waals surface area contributed by atoms with Gasteiger partial charge in [-0.25, -0.2) is 8.37 Å². The van der Waals surface area contributed by atoms with Crippen LogP contribution in [-0.2, 0) is 38.7 Å². The molecule has 1 aromatic heterocycles. The van der Waals surface area contributed by atoms with Gasteiger partial charge < -0.3 is 9.72 Å². The van der Waals surface area contributed by atoms with Crippen molar-refractivity contribution in [2.24, 2.45) is 0 Å². The molecule has 0 bridgehead atoms. The molecule has 1 aliphatic carbocycles. The summed E-state index contributed by atoms with van der Waals surface area (Å²) >= 11 is 3.03. The van der Waals surface area contributed by atoms with Crippen molar-refractivity contribution >= 4 is 42.7 Å². The predicted octanol–water partition coefficient (Wildman–Crippen LogP) is 0.698. The Hall–Kier alpha value is -1.29. The van der Waals surface area contributed by atoms with E-state index in [1.165, 1.54) is 12.3 Å². The number of aromatic nitrogens is 1. The molecule has 146 valence electrons. The van der Waals surface area contributed by atoms with Gasteiger partial charge in [-0.2, -0.15) is 16.8 Å². The Morgan fingerprint density at radius 2 is 1.77 bits per heavy atom. The van der Waals surface area contributed by atoms with E-state index in [-0.39, 0.29) is 4.48 Å². The van der Waals surface area contributed by atoms with E-state index in [0.29, 0.717) is 5.56 Å². The number of hydrogen-bond donors (Lipinski definition) is 3. The average Bonchev–Trinajstić information content (AvgIpc) is 2.96. The van der Waals surface area contributed by atoms with E-state index >= 15 is 0 Å². The Bertz CT molecular complexity index is 892. The van der Waals surface area contributed by atoms with Gasteiger partial charge >= 0.3 is 26.8 Å². The summed E-state index contributed by atoms with van der Waals surface area (Å²) in [5.74, 6) is -1.61. The average molecular weight is 476 g/mol. The third kappa shape index (κ3) is 5.60. The van der Waals surface area contributed by atoms with Crippen molar-refractivity contribution in [1.82, 2.24) is 4.98 Å². The molecule has 4 atom stereocenters. The Balaban J connectivity index is 2.57. The summed E-state index contributed by atoms with van der Waals surface area (Å²) in [6, 6.07) is 1.60. The highest BCUT2D eigenvalue weighted by molar-refractivity contribution is 9.11. The highest BCUT2D eigenvalue weighted by Crippen LogP contribution is 2.39. The molecule has 26 heavy (non-hydrogen) atoms.